The van der Waals surface area contributed by atoms with Gasteiger partial charge < -0.3 is 36.4 Å². The van der Waals surface area contributed by atoms with Crippen LogP contribution >= 0.6 is 46.3 Å². The van der Waals surface area contributed by atoms with Gasteiger partial charge in [-0.2, -0.15) is 5.26 Å². The number of likely N-dealkylation sites (N-methyl/N-ethyl adjacent to an activating group) is 1. The van der Waals surface area contributed by atoms with Gasteiger partial charge in [0.2, 0.25) is 35.4 Å². The quantitative estimate of drug-likeness (QED) is 0.0488. The highest BCUT2D eigenvalue weighted by molar-refractivity contribution is 7.13. The summed E-state index contributed by atoms with van der Waals surface area (Å²) in [5.41, 5.74) is 1.26. The monoisotopic (exact) mass is 1580 g/mol. The number of nitrogens with zero attached hydrogens (tertiary/aromatic N) is 4. The van der Waals surface area contributed by atoms with Crippen molar-refractivity contribution < 1.29 is 38.4 Å². The highest BCUT2D eigenvalue weighted by atomic mass is 35.5. The minimum absolute atomic E-state index is 0.000849. The predicted molar refractivity (Wildman–Crippen MR) is 459 cm³/mol. The van der Waals surface area contributed by atoms with E-state index in [-0.39, 0.29) is 108 Å². The Balaban J connectivity index is -0.000000269. The first-order chi connectivity index (χ1) is 48.3. The van der Waals surface area contributed by atoms with Crippen LogP contribution in [0.4, 0.5) is 0 Å². The summed E-state index contributed by atoms with van der Waals surface area (Å²) in [4.78, 5) is 103. The lowest BCUT2D eigenvalue weighted by atomic mass is 9.89. The molecule has 0 spiro atoms. The summed E-state index contributed by atoms with van der Waals surface area (Å²) in [6, 6.07) is 9.86. The number of alkyl halides is 3. The first-order valence-electron chi connectivity index (χ1n) is 37.4. The lowest BCUT2D eigenvalue weighted by Gasteiger charge is -2.23. The third kappa shape index (κ3) is 81.2. The van der Waals surface area contributed by atoms with Gasteiger partial charge in [-0.1, -0.05) is 236 Å². The largest absolute Gasteiger partial charge is 0.355 e. The lowest BCUT2D eigenvalue weighted by Crippen LogP contribution is -2.37. The molecular formula is C85H152Cl3N9O9S. The number of hydrogen-bond donors (Lipinski definition) is 5. The third-order valence-electron chi connectivity index (χ3n) is 13.8. The summed E-state index contributed by atoms with van der Waals surface area (Å²) in [5, 5.41) is 23.5. The van der Waals surface area contributed by atoms with Gasteiger partial charge in [-0.15, -0.1) is 34.8 Å². The summed E-state index contributed by atoms with van der Waals surface area (Å²) in [5.74, 6) is 0.313. The number of amides is 6. The van der Waals surface area contributed by atoms with Gasteiger partial charge in [-0.05, 0) is 145 Å². The van der Waals surface area contributed by atoms with Gasteiger partial charge in [0, 0.05) is 78.3 Å². The van der Waals surface area contributed by atoms with Gasteiger partial charge in [0.25, 0.3) is 5.56 Å². The zero-order valence-corrected chi connectivity index (χ0v) is 75.9. The van der Waals surface area contributed by atoms with E-state index in [4.69, 9.17) is 40.1 Å². The molecule has 1 aromatic carbocycles. The number of carbonyl (C=O) groups is 8. The SMILES string of the molecule is C/C=C/C(=O)NCC(C)(C)C.C=CC(=O)CCCC(C)(C)C.C=CC(=O)NCC(C)(C)C.CC(C)(C)CCCC(=O)CCl.CC(C)(C)CNC(=O)C1(C#N)CC1.CC(C)(C)CNC(=O)CCl.CC(C)(C)Cn1sc2ccccc2c1=O.CN(C)C/C=C/C(=O)NCC(C)(C)C.CN(CCC(C)(C)C)C(=O)CCl. The Morgan fingerprint density at radius 1 is 0.542 bits per heavy atom. The third-order valence-corrected chi connectivity index (χ3v) is 15.6. The molecule has 1 saturated carbocycles. The molecule has 618 valence electrons. The van der Waals surface area contributed by atoms with Crippen LogP contribution in [0.15, 0.2) is 78.7 Å². The minimum Gasteiger partial charge on any atom is -0.355 e. The number of allylic oxidation sites excluding steroid dienone is 2. The molecule has 1 aromatic heterocycles. The molecule has 0 atom stereocenters. The van der Waals surface area contributed by atoms with Crippen LogP contribution in [0.5, 0.6) is 0 Å². The van der Waals surface area contributed by atoms with E-state index in [9.17, 15) is 43.2 Å². The molecule has 2 aromatic rings. The Labute approximate surface area is 670 Å². The van der Waals surface area contributed by atoms with Crippen LogP contribution in [0.3, 0.4) is 0 Å². The first kappa shape index (κ1) is 112. The summed E-state index contributed by atoms with van der Waals surface area (Å²) in [7, 11) is 5.73. The molecule has 0 unspecified atom stereocenters. The van der Waals surface area contributed by atoms with Gasteiger partial charge in [0.1, 0.15) is 23.0 Å². The van der Waals surface area contributed by atoms with Gasteiger partial charge in [-0.25, -0.2) is 0 Å². The fourth-order valence-electron chi connectivity index (χ4n) is 7.27. The normalized spacial score (nSPS) is 12.5. The number of ketones is 2. The Morgan fingerprint density at radius 2 is 0.953 bits per heavy atom. The number of carbonyl (C=O) groups excluding carboxylic acids is 8. The van der Waals surface area contributed by atoms with Crippen LogP contribution < -0.4 is 32.1 Å². The second-order valence-corrected chi connectivity index (χ2v) is 39.9. The van der Waals surface area contributed by atoms with E-state index in [1.807, 2.05) is 60.2 Å². The molecule has 0 saturated heterocycles. The van der Waals surface area contributed by atoms with Crippen molar-refractivity contribution in [2.24, 2.45) is 54.1 Å². The van der Waals surface area contributed by atoms with Gasteiger partial charge in [-0.3, -0.25) is 47.1 Å². The zero-order valence-electron chi connectivity index (χ0n) is 72.8. The summed E-state index contributed by atoms with van der Waals surface area (Å²) >= 11 is 17.6. The summed E-state index contributed by atoms with van der Waals surface area (Å²) in [6.07, 6.45) is 17.3. The van der Waals surface area contributed by atoms with Crippen LogP contribution in [-0.4, -0.2) is 145 Å². The Kier molecular flexibility index (Phi) is 58.4. The van der Waals surface area contributed by atoms with E-state index in [0.717, 1.165) is 81.2 Å². The molecule has 1 aliphatic rings. The number of aromatic nitrogens is 1. The number of fused-ring (bicyclic) bond motifs is 1. The first-order valence-corrected chi connectivity index (χ1v) is 39.7. The van der Waals surface area contributed by atoms with Crippen LogP contribution in [0.1, 0.15) is 252 Å². The molecule has 3 rings (SSSR count). The average Bonchev–Trinajstić information content (AvgIpc) is 1.66. The van der Waals surface area contributed by atoms with Crippen molar-refractivity contribution in [2.75, 3.05) is 84.6 Å². The van der Waals surface area contributed by atoms with Gasteiger partial charge >= 0.3 is 0 Å². The van der Waals surface area contributed by atoms with Crippen LogP contribution in [0.25, 0.3) is 10.1 Å². The second kappa shape index (κ2) is 55.7. The smallest absolute Gasteiger partial charge is 0.268 e. The molecule has 0 bridgehead atoms. The standard InChI is InChI=1S/C12H15NOS.C11H22N2O.C10H16N2O.C10H18O.C9H18ClNO.C9H17ClO.C9H17NO.C8H15NO.C7H14ClNO/c1-12(2,3)8-13-11(14)9-6-4-5-7-10(9)15-13;1-11(2,3)9-12-10(14)7-6-8-13(4)5;1-9(2,3)7-12-8(13)10(6-11)4-5-10;1-5-9(11)7-6-8-10(2,3)4;1-9(2,3)5-6-11(4)8(12)7-10;1-9(2,3)6-4-5-8(11)7-10;1-5-6-8(11)10-7-9(2,3)4;1-5-7(10)9-6-8(2,3)4;1-7(2,3)5-9-6(10)4-8/h4-7H,8H2,1-3H3;6-7H,8-9H2,1-5H3,(H,12,14);4-5,7H2,1-3H3,(H,12,13);5H,1,6-8H2,2-4H3;5-7H2,1-4H3;4-7H2,1-3H3;5-6H,7H2,1-4H3,(H,10,11);5H,1,6H2,2-4H3,(H,9,10);4-5H2,1-3H3,(H,9,10)/b;7-6+;;;;;6-5+;;. The number of benzene rings is 1. The van der Waals surface area contributed by atoms with E-state index in [1.165, 1.54) is 18.2 Å². The van der Waals surface area contributed by atoms with Crippen LogP contribution in [0, 0.1) is 65.5 Å². The van der Waals surface area contributed by atoms with Crippen LogP contribution in [0.2, 0.25) is 0 Å². The predicted octanol–water partition coefficient (Wildman–Crippen LogP) is 18.4. The lowest BCUT2D eigenvalue weighted by molar-refractivity contribution is -0.127. The van der Waals surface area contributed by atoms with E-state index >= 15 is 0 Å². The summed E-state index contributed by atoms with van der Waals surface area (Å²) < 4.78 is 2.93. The number of Topliss-reactive ketones (excluding diaryl/α,β-unsaturated/α-hetero) is 1. The molecule has 1 fully saturated rings. The van der Waals surface area contributed by atoms with E-state index < -0.39 is 5.41 Å². The maximum Gasteiger partial charge on any atom is 0.268 e. The van der Waals surface area contributed by atoms with Crippen LogP contribution in [-0.2, 0) is 44.9 Å². The molecule has 0 aliphatic heterocycles. The van der Waals surface area contributed by atoms with Gasteiger partial charge in [0.15, 0.2) is 5.78 Å². The number of nitriles is 1. The Bertz CT molecular complexity index is 3060. The summed E-state index contributed by atoms with van der Waals surface area (Å²) in [6.45, 7) is 71.5. The maximum atomic E-state index is 12.0. The fraction of sp³-hybridized carbons (Fsp3) is 0.718. The van der Waals surface area contributed by atoms with Crippen molar-refractivity contribution in [3.63, 3.8) is 0 Å². The second-order valence-electron chi connectivity index (χ2n) is 38.0. The Morgan fingerprint density at radius 3 is 1.30 bits per heavy atom. The number of hydrogen-bond acceptors (Lipinski definition) is 12. The fourth-order valence-corrected chi connectivity index (χ4v) is 8.96. The molecule has 107 heavy (non-hydrogen) atoms. The van der Waals surface area contributed by atoms with Crippen molar-refractivity contribution in [3.8, 4) is 6.07 Å². The molecule has 22 heteroatoms. The van der Waals surface area contributed by atoms with Crippen molar-refractivity contribution in [1.82, 2.24) is 40.3 Å². The zero-order chi connectivity index (χ0) is 85.2. The average molecular weight is 1580 g/mol. The highest BCUT2D eigenvalue weighted by Crippen LogP contribution is 2.45. The van der Waals surface area contributed by atoms with Crippen molar-refractivity contribution in [3.05, 3.63) is 84.2 Å². The number of halogens is 3. The van der Waals surface area contributed by atoms with Crippen molar-refractivity contribution >= 4 is 103 Å². The van der Waals surface area contributed by atoms with Gasteiger partial charge in [0.05, 0.1) is 22.0 Å². The molecule has 0 radical (unpaired) electrons. The number of rotatable bonds is 24. The molecule has 18 nitrogen and oxygen atoms in total. The van der Waals surface area contributed by atoms with Crippen molar-refractivity contribution in [2.45, 2.75) is 258 Å². The Hall–Kier alpha value is -5.65. The highest BCUT2D eigenvalue weighted by Gasteiger charge is 2.50. The molecule has 1 heterocycles. The minimum atomic E-state index is -0.675. The molecular weight excluding hydrogens is 1430 g/mol. The van der Waals surface area contributed by atoms with Crippen molar-refractivity contribution in [1.29, 1.82) is 5.26 Å². The topological polar surface area (TPSA) is 249 Å². The van der Waals surface area contributed by atoms with E-state index in [0.29, 0.717) is 49.9 Å². The van der Waals surface area contributed by atoms with E-state index in [2.05, 4.69) is 233 Å². The maximum absolute atomic E-state index is 12.0. The molecule has 1 aliphatic carbocycles. The number of nitrogens with one attached hydrogen (secondary N) is 5. The van der Waals surface area contributed by atoms with E-state index in [1.54, 1.807) is 35.6 Å². The molecule has 5 N–H and O–H groups in total. The molecule has 6 amide bonds.